The van der Waals surface area contributed by atoms with Crippen molar-refractivity contribution >= 4 is 66.5 Å². The quantitative estimate of drug-likeness (QED) is 0.168. The molecule has 0 aliphatic heterocycles. The number of carbonyl (C=O) groups excluding carboxylic acids is 1. The third kappa shape index (κ3) is 4.94. The standard InChI is InChI=1S/C25H16Br2Cl2F3N3O/c26-21-9-16(10-22(27)20(21)11-23(36)14-2-1-3-19(33)8-14)24(25(30,31)32,35-13-18(29)12-34-35)15-4-6-17(28)7-5-15/h1-10,12-13H,11,33H2. The van der Waals surface area contributed by atoms with Gasteiger partial charge in [0.25, 0.3) is 0 Å². The number of nitrogens with two attached hydrogens (primary N) is 1. The first-order chi connectivity index (χ1) is 16.9. The van der Waals surface area contributed by atoms with Gasteiger partial charge in [-0.3, -0.25) is 4.79 Å². The highest BCUT2D eigenvalue weighted by Crippen LogP contribution is 2.49. The molecule has 36 heavy (non-hydrogen) atoms. The first kappa shape index (κ1) is 26.7. The third-order valence-corrected chi connectivity index (χ3v) is 7.53. The van der Waals surface area contributed by atoms with Crippen molar-refractivity contribution in [3.8, 4) is 0 Å². The van der Waals surface area contributed by atoms with Crippen LogP contribution < -0.4 is 5.73 Å². The smallest absolute Gasteiger partial charge is 0.399 e. The molecule has 1 aromatic heterocycles. The minimum absolute atomic E-state index is 0.0417. The van der Waals surface area contributed by atoms with Crippen LogP contribution in [0.5, 0.6) is 0 Å². The number of halogens is 7. The molecular weight excluding hydrogens is 646 g/mol. The van der Waals surface area contributed by atoms with Gasteiger partial charge in [0.1, 0.15) is 0 Å². The fourth-order valence-corrected chi connectivity index (χ4v) is 5.75. The van der Waals surface area contributed by atoms with Gasteiger partial charge in [-0.25, -0.2) is 4.68 Å². The Kier molecular flexibility index (Phi) is 7.57. The highest BCUT2D eigenvalue weighted by atomic mass is 79.9. The zero-order valence-electron chi connectivity index (χ0n) is 18.2. The Morgan fingerprint density at radius 1 is 0.944 bits per heavy atom. The molecule has 4 rings (SSSR count). The van der Waals surface area contributed by atoms with Crippen LogP contribution in [-0.4, -0.2) is 21.7 Å². The van der Waals surface area contributed by atoms with E-state index in [4.69, 9.17) is 28.9 Å². The van der Waals surface area contributed by atoms with E-state index in [9.17, 15) is 4.79 Å². The first-order valence-electron chi connectivity index (χ1n) is 10.3. The van der Waals surface area contributed by atoms with Crippen molar-refractivity contribution in [2.45, 2.75) is 18.1 Å². The summed E-state index contributed by atoms with van der Waals surface area (Å²) in [6.07, 6.45) is -2.67. The monoisotopic (exact) mass is 659 g/mol. The second-order valence-electron chi connectivity index (χ2n) is 7.96. The molecule has 2 N–H and O–H groups in total. The van der Waals surface area contributed by atoms with Gasteiger partial charge in [0, 0.05) is 37.8 Å². The summed E-state index contributed by atoms with van der Waals surface area (Å²) in [6, 6.07) is 14.5. The second kappa shape index (κ2) is 10.2. The Morgan fingerprint density at radius 2 is 1.58 bits per heavy atom. The molecular formula is C25H16Br2Cl2F3N3O. The van der Waals surface area contributed by atoms with Crippen LogP contribution in [0.4, 0.5) is 18.9 Å². The summed E-state index contributed by atoms with van der Waals surface area (Å²) in [5, 5.41) is 4.27. The predicted octanol–water partition coefficient (Wildman–Crippen LogP) is 8.08. The molecule has 0 amide bonds. The summed E-state index contributed by atoms with van der Waals surface area (Å²) in [4.78, 5) is 12.9. The van der Waals surface area contributed by atoms with E-state index in [-0.39, 0.29) is 33.4 Å². The number of Topliss-reactive ketones (excluding diaryl/α,β-unsaturated/α-hetero) is 1. The number of alkyl halides is 3. The van der Waals surface area contributed by atoms with Crippen molar-refractivity contribution in [3.63, 3.8) is 0 Å². The van der Waals surface area contributed by atoms with Crippen LogP contribution in [0, 0.1) is 0 Å². The Balaban J connectivity index is 1.90. The SMILES string of the molecule is Nc1cccc(C(=O)Cc2c(Br)cc(C(c3ccc(Cl)cc3)(n3cc(Cl)cn3)C(F)(F)F)cc2Br)c1. The van der Waals surface area contributed by atoms with E-state index >= 15 is 13.2 Å². The Labute approximate surface area is 231 Å². The van der Waals surface area contributed by atoms with Crippen LogP contribution in [0.2, 0.25) is 10.0 Å². The fraction of sp³-hybridized carbons (Fsp3) is 0.120. The van der Waals surface area contributed by atoms with Crippen LogP contribution in [0.1, 0.15) is 27.0 Å². The van der Waals surface area contributed by atoms with Gasteiger partial charge in [0.05, 0.1) is 11.2 Å². The number of benzene rings is 3. The van der Waals surface area contributed by atoms with Gasteiger partial charge in [-0.05, 0) is 53.1 Å². The average Bonchev–Trinajstić information content (AvgIpc) is 3.23. The molecule has 4 aromatic rings. The molecule has 1 unspecified atom stereocenters. The van der Waals surface area contributed by atoms with E-state index in [0.29, 0.717) is 25.8 Å². The number of nitrogens with zero attached hydrogens (tertiary/aromatic N) is 2. The molecule has 4 nitrogen and oxygen atoms in total. The molecule has 1 heterocycles. The molecule has 0 aliphatic carbocycles. The lowest BCUT2D eigenvalue weighted by Crippen LogP contribution is -2.50. The molecule has 0 saturated heterocycles. The summed E-state index contributed by atoms with van der Waals surface area (Å²) in [5.41, 5.74) is 4.07. The van der Waals surface area contributed by atoms with Crippen LogP contribution in [0.15, 0.2) is 82.0 Å². The number of rotatable bonds is 6. The number of ketones is 1. The van der Waals surface area contributed by atoms with Crippen LogP contribution in [-0.2, 0) is 12.0 Å². The van der Waals surface area contributed by atoms with E-state index < -0.39 is 11.7 Å². The highest BCUT2D eigenvalue weighted by Gasteiger charge is 2.60. The first-order valence-corrected chi connectivity index (χ1v) is 12.7. The minimum atomic E-state index is -4.85. The summed E-state index contributed by atoms with van der Waals surface area (Å²) >= 11 is 18.7. The number of hydrogen-bond donors (Lipinski definition) is 1. The van der Waals surface area contributed by atoms with Crippen molar-refractivity contribution in [1.29, 1.82) is 0 Å². The summed E-state index contributed by atoms with van der Waals surface area (Å²) in [6.45, 7) is 0. The molecule has 1 atom stereocenters. The summed E-state index contributed by atoms with van der Waals surface area (Å²) in [7, 11) is 0. The van der Waals surface area contributed by atoms with E-state index in [1.807, 2.05) is 0 Å². The number of nitrogen functional groups attached to an aromatic ring is 1. The minimum Gasteiger partial charge on any atom is -0.399 e. The van der Waals surface area contributed by atoms with Gasteiger partial charge < -0.3 is 5.73 Å². The Bertz CT molecular complexity index is 1420. The van der Waals surface area contributed by atoms with Gasteiger partial charge in [-0.1, -0.05) is 79.3 Å². The molecule has 0 saturated carbocycles. The zero-order valence-corrected chi connectivity index (χ0v) is 22.8. The largest absolute Gasteiger partial charge is 0.422 e. The zero-order chi connectivity index (χ0) is 26.3. The topological polar surface area (TPSA) is 60.9 Å². The maximum atomic E-state index is 15.1. The predicted molar refractivity (Wildman–Crippen MR) is 142 cm³/mol. The van der Waals surface area contributed by atoms with Crippen LogP contribution in [0.3, 0.4) is 0 Å². The summed E-state index contributed by atoms with van der Waals surface area (Å²) < 4.78 is 46.8. The lowest BCUT2D eigenvalue weighted by Gasteiger charge is -2.37. The molecule has 0 aliphatic rings. The average molecular weight is 662 g/mol. The van der Waals surface area contributed by atoms with E-state index in [1.165, 1.54) is 36.4 Å². The second-order valence-corrected chi connectivity index (χ2v) is 10.5. The fourth-order valence-electron chi connectivity index (χ4n) is 4.02. The highest BCUT2D eigenvalue weighted by molar-refractivity contribution is 9.11. The van der Waals surface area contributed by atoms with E-state index in [0.717, 1.165) is 17.1 Å². The Morgan fingerprint density at radius 3 is 2.11 bits per heavy atom. The molecule has 3 aromatic carbocycles. The van der Waals surface area contributed by atoms with Gasteiger partial charge >= 0.3 is 6.18 Å². The number of hydrogen-bond acceptors (Lipinski definition) is 3. The molecule has 0 radical (unpaired) electrons. The summed E-state index contributed by atoms with van der Waals surface area (Å²) in [5.74, 6) is -0.241. The third-order valence-electron chi connectivity index (χ3n) is 5.67. The van der Waals surface area contributed by atoms with Crippen LogP contribution in [0.25, 0.3) is 0 Å². The Hall–Kier alpha value is -2.33. The van der Waals surface area contributed by atoms with Crippen molar-refractivity contribution < 1.29 is 18.0 Å². The molecule has 0 fully saturated rings. The van der Waals surface area contributed by atoms with Crippen molar-refractivity contribution in [2.75, 3.05) is 5.73 Å². The normalized spacial score (nSPS) is 13.4. The van der Waals surface area contributed by atoms with Crippen LogP contribution >= 0.6 is 55.1 Å². The van der Waals surface area contributed by atoms with Gasteiger partial charge in [0.2, 0.25) is 5.54 Å². The van der Waals surface area contributed by atoms with Gasteiger partial charge in [-0.2, -0.15) is 18.3 Å². The van der Waals surface area contributed by atoms with Crippen molar-refractivity contribution in [2.24, 2.45) is 0 Å². The van der Waals surface area contributed by atoms with Gasteiger partial charge in [0.15, 0.2) is 5.78 Å². The maximum Gasteiger partial charge on any atom is 0.422 e. The number of anilines is 1. The molecule has 0 bridgehead atoms. The maximum absolute atomic E-state index is 15.1. The molecule has 186 valence electrons. The van der Waals surface area contributed by atoms with Crippen molar-refractivity contribution in [3.05, 3.63) is 114 Å². The lowest BCUT2D eigenvalue weighted by atomic mass is 9.81. The molecule has 0 spiro atoms. The van der Waals surface area contributed by atoms with Gasteiger partial charge in [-0.15, -0.1) is 0 Å². The lowest BCUT2D eigenvalue weighted by molar-refractivity contribution is -0.189. The van der Waals surface area contributed by atoms with E-state index in [2.05, 4.69) is 37.0 Å². The number of aromatic nitrogens is 2. The van der Waals surface area contributed by atoms with Crippen molar-refractivity contribution in [1.82, 2.24) is 9.78 Å². The van der Waals surface area contributed by atoms with E-state index in [1.54, 1.807) is 24.3 Å². The molecule has 11 heteroatoms. The number of carbonyl (C=O) groups is 1.